The summed E-state index contributed by atoms with van der Waals surface area (Å²) in [5.74, 6) is -0.546. The van der Waals surface area contributed by atoms with Gasteiger partial charge < -0.3 is 10.8 Å². The van der Waals surface area contributed by atoms with E-state index < -0.39 is 5.97 Å². The SMILES string of the molecule is C=CC1CC1C(=O)O.NC=O. The first kappa shape index (κ1) is 9.68. The highest BCUT2D eigenvalue weighted by molar-refractivity contribution is 5.73. The van der Waals surface area contributed by atoms with E-state index in [1.807, 2.05) is 0 Å². The van der Waals surface area contributed by atoms with Crippen LogP contribution < -0.4 is 5.73 Å². The molecule has 0 aliphatic heterocycles. The molecule has 0 aromatic carbocycles. The topological polar surface area (TPSA) is 80.4 Å². The van der Waals surface area contributed by atoms with E-state index in [0.717, 1.165) is 6.42 Å². The molecule has 1 rings (SSSR count). The lowest BCUT2D eigenvalue weighted by atomic mass is 10.3. The Hall–Kier alpha value is -1.32. The van der Waals surface area contributed by atoms with Gasteiger partial charge in [-0.25, -0.2) is 0 Å². The van der Waals surface area contributed by atoms with Crippen LogP contribution >= 0.6 is 0 Å². The summed E-state index contributed by atoms with van der Waals surface area (Å²) < 4.78 is 0. The van der Waals surface area contributed by atoms with Crippen molar-refractivity contribution in [3.63, 3.8) is 0 Å². The Morgan fingerprint density at radius 2 is 2.18 bits per heavy atom. The number of carbonyl (C=O) groups excluding carboxylic acids is 1. The summed E-state index contributed by atoms with van der Waals surface area (Å²) in [6.07, 6.45) is 2.75. The Morgan fingerprint density at radius 1 is 1.73 bits per heavy atom. The highest BCUT2D eigenvalue weighted by atomic mass is 16.4. The highest BCUT2D eigenvalue weighted by Crippen LogP contribution is 2.38. The molecular formula is C7H11NO3. The molecule has 0 bridgehead atoms. The third kappa shape index (κ3) is 3.40. The number of hydrogen-bond donors (Lipinski definition) is 2. The summed E-state index contributed by atoms with van der Waals surface area (Å²) in [7, 11) is 0. The number of primary amides is 1. The minimum absolute atomic E-state index is 0.118. The molecule has 0 radical (unpaired) electrons. The van der Waals surface area contributed by atoms with Gasteiger partial charge in [0, 0.05) is 0 Å². The van der Waals surface area contributed by atoms with Crippen molar-refractivity contribution in [1.82, 2.24) is 0 Å². The molecule has 2 unspecified atom stereocenters. The van der Waals surface area contributed by atoms with Gasteiger partial charge in [-0.1, -0.05) is 6.08 Å². The van der Waals surface area contributed by atoms with Crippen LogP contribution in [0.5, 0.6) is 0 Å². The van der Waals surface area contributed by atoms with E-state index in [1.165, 1.54) is 0 Å². The van der Waals surface area contributed by atoms with Crippen molar-refractivity contribution in [2.24, 2.45) is 17.6 Å². The molecule has 0 saturated heterocycles. The Balaban J connectivity index is 0.000000292. The summed E-state index contributed by atoms with van der Waals surface area (Å²) in [5.41, 5.74) is 4.17. The lowest BCUT2D eigenvalue weighted by Gasteiger charge is -1.81. The number of amides is 1. The zero-order valence-corrected chi connectivity index (χ0v) is 6.06. The van der Waals surface area contributed by atoms with Gasteiger partial charge in [0.05, 0.1) is 5.92 Å². The number of aliphatic carboxylic acids is 1. The molecule has 0 spiro atoms. The van der Waals surface area contributed by atoms with Crippen LogP contribution in [0.15, 0.2) is 12.7 Å². The summed E-state index contributed by atoms with van der Waals surface area (Å²) >= 11 is 0. The number of carboxylic acids is 1. The number of nitrogens with two attached hydrogens (primary N) is 1. The Morgan fingerprint density at radius 3 is 2.27 bits per heavy atom. The number of rotatable bonds is 2. The molecule has 11 heavy (non-hydrogen) atoms. The minimum Gasteiger partial charge on any atom is -0.481 e. The first-order valence-electron chi connectivity index (χ1n) is 3.18. The molecule has 2 atom stereocenters. The molecule has 0 aromatic rings. The summed E-state index contributed by atoms with van der Waals surface area (Å²) in [4.78, 5) is 18.7. The fraction of sp³-hybridized carbons (Fsp3) is 0.429. The molecule has 62 valence electrons. The minimum atomic E-state index is -0.685. The zero-order chi connectivity index (χ0) is 8.85. The number of carboxylic acid groups (broad SMARTS) is 1. The van der Waals surface area contributed by atoms with Crippen molar-refractivity contribution >= 4 is 12.4 Å². The highest BCUT2D eigenvalue weighted by Gasteiger charge is 2.40. The van der Waals surface area contributed by atoms with Crippen molar-refractivity contribution in [1.29, 1.82) is 0 Å². The molecule has 1 aliphatic carbocycles. The van der Waals surface area contributed by atoms with Gasteiger partial charge in [0.2, 0.25) is 6.41 Å². The van der Waals surface area contributed by atoms with Crippen LogP contribution in [0.4, 0.5) is 0 Å². The lowest BCUT2D eigenvalue weighted by Crippen LogP contribution is -1.97. The summed E-state index contributed by atoms with van der Waals surface area (Å²) in [6.45, 7) is 3.49. The molecule has 0 aromatic heterocycles. The van der Waals surface area contributed by atoms with Gasteiger partial charge >= 0.3 is 5.97 Å². The van der Waals surface area contributed by atoms with E-state index in [0.29, 0.717) is 0 Å². The van der Waals surface area contributed by atoms with E-state index in [4.69, 9.17) is 9.90 Å². The van der Waals surface area contributed by atoms with E-state index in [-0.39, 0.29) is 18.2 Å². The summed E-state index contributed by atoms with van der Waals surface area (Å²) in [6, 6.07) is 0. The van der Waals surface area contributed by atoms with Gasteiger partial charge in [-0.05, 0) is 12.3 Å². The number of carbonyl (C=O) groups is 2. The monoisotopic (exact) mass is 157 g/mol. The molecule has 4 heteroatoms. The molecule has 0 heterocycles. The second-order valence-corrected chi connectivity index (χ2v) is 2.22. The normalized spacial score (nSPS) is 25.8. The van der Waals surface area contributed by atoms with Crippen LogP contribution in [-0.4, -0.2) is 17.5 Å². The van der Waals surface area contributed by atoms with E-state index >= 15 is 0 Å². The maximum absolute atomic E-state index is 10.1. The molecule has 1 amide bonds. The molecular weight excluding hydrogens is 146 g/mol. The number of allylic oxidation sites excluding steroid dienone is 1. The van der Waals surface area contributed by atoms with Gasteiger partial charge in [-0.15, -0.1) is 6.58 Å². The number of hydrogen-bond acceptors (Lipinski definition) is 2. The maximum atomic E-state index is 10.1. The second kappa shape index (κ2) is 4.49. The quantitative estimate of drug-likeness (QED) is 0.437. The van der Waals surface area contributed by atoms with Gasteiger partial charge in [-0.3, -0.25) is 9.59 Å². The van der Waals surface area contributed by atoms with Crippen LogP contribution in [0.1, 0.15) is 6.42 Å². The standard InChI is InChI=1S/C6H8O2.CH3NO/c1-2-4-3-5(4)6(7)8;2-1-3/h2,4-5H,1,3H2,(H,7,8);1H,(H2,2,3). The van der Waals surface area contributed by atoms with E-state index in [1.54, 1.807) is 6.08 Å². The van der Waals surface area contributed by atoms with Crippen LogP contribution in [0.2, 0.25) is 0 Å². The van der Waals surface area contributed by atoms with Crippen LogP contribution in [0.3, 0.4) is 0 Å². The van der Waals surface area contributed by atoms with Crippen molar-refractivity contribution < 1.29 is 14.7 Å². The molecule has 4 nitrogen and oxygen atoms in total. The predicted octanol–water partition coefficient (Wildman–Crippen LogP) is -0.00540. The Kier molecular flexibility index (Phi) is 3.95. The summed E-state index contributed by atoms with van der Waals surface area (Å²) in [5, 5.41) is 8.31. The predicted molar refractivity (Wildman–Crippen MR) is 39.7 cm³/mol. The van der Waals surface area contributed by atoms with Crippen molar-refractivity contribution in [3.05, 3.63) is 12.7 Å². The van der Waals surface area contributed by atoms with Crippen LogP contribution in [-0.2, 0) is 9.59 Å². The van der Waals surface area contributed by atoms with Gasteiger partial charge in [-0.2, -0.15) is 0 Å². The lowest BCUT2D eigenvalue weighted by molar-refractivity contribution is -0.138. The average molecular weight is 157 g/mol. The van der Waals surface area contributed by atoms with Gasteiger partial charge in [0.25, 0.3) is 0 Å². The van der Waals surface area contributed by atoms with Crippen molar-refractivity contribution in [2.75, 3.05) is 0 Å². The first-order chi connectivity index (χ1) is 5.17. The second-order valence-electron chi connectivity index (χ2n) is 2.22. The smallest absolute Gasteiger partial charge is 0.307 e. The van der Waals surface area contributed by atoms with Crippen LogP contribution in [0.25, 0.3) is 0 Å². The fourth-order valence-electron chi connectivity index (χ4n) is 0.759. The molecule has 1 aliphatic rings. The van der Waals surface area contributed by atoms with E-state index in [9.17, 15) is 4.79 Å². The Bertz CT molecular complexity index is 167. The van der Waals surface area contributed by atoms with Gasteiger partial charge in [0.15, 0.2) is 0 Å². The third-order valence-corrected chi connectivity index (χ3v) is 1.46. The molecule has 3 N–H and O–H groups in total. The maximum Gasteiger partial charge on any atom is 0.307 e. The van der Waals surface area contributed by atoms with Crippen molar-refractivity contribution in [3.8, 4) is 0 Å². The zero-order valence-electron chi connectivity index (χ0n) is 6.06. The largest absolute Gasteiger partial charge is 0.481 e. The third-order valence-electron chi connectivity index (χ3n) is 1.46. The fourth-order valence-corrected chi connectivity index (χ4v) is 0.759. The first-order valence-corrected chi connectivity index (χ1v) is 3.18. The molecule has 1 saturated carbocycles. The van der Waals surface area contributed by atoms with E-state index in [2.05, 4.69) is 12.3 Å². The van der Waals surface area contributed by atoms with Crippen LogP contribution in [0, 0.1) is 11.8 Å². The van der Waals surface area contributed by atoms with Gasteiger partial charge in [0.1, 0.15) is 0 Å². The average Bonchev–Trinajstić information content (AvgIpc) is 2.66. The van der Waals surface area contributed by atoms with Crippen molar-refractivity contribution in [2.45, 2.75) is 6.42 Å². The Labute approximate surface area is 64.7 Å². The molecule has 1 fully saturated rings.